The fraction of sp³-hybridized carbons (Fsp3) is 0.462. The van der Waals surface area contributed by atoms with Crippen molar-refractivity contribution < 1.29 is 4.79 Å². The van der Waals surface area contributed by atoms with Gasteiger partial charge in [0.15, 0.2) is 0 Å². The van der Waals surface area contributed by atoms with Crippen LogP contribution in [0.3, 0.4) is 0 Å². The van der Waals surface area contributed by atoms with Crippen LogP contribution in [-0.4, -0.2) is 11.5 Å². The molecule has 0 aliphatic carbocycles. The minimum Gasteiger partial charge on any atom is -0.298 e. The average molecular weight is 222 g/mol. The number of carbonyl (C=O) groups excluding carboxylic acids is 1. The first-order valence-electron chi connectivity index (χ1n) is 5.23. The highest BCUT2D eigenvalue weighted by atomic mass is 32.2. The Bertz CT molecular complexity index is 356. The number of carbonyl (C=O) groups is 1. The number of hydrogen-bond donors (Lipinski definition) is 0. The van der Waals surface area contributed by atoms with E-state index >= 15 is 0 Å². The van der Waals surface area contributed by atoms with Gasteiger partial charge in [-0.25, -0.2) is 0 Å². The van der Waals surface area contributed by atoms with Gasteiger partial charge in [0.1, 0.15) is 5.78 Å². The van der Waals surface area contributed by atoms with E-state index in [4.69, 9.17) is 0 Å². The molecule has 1 rings (SSSR count). The molecule has 1 aromatic carbocycles. The number of thioether (sulfide) groups is 1. The van der Waals surface area contributed by atoms with Gasteiger partial charge in [-0.1, -0.05) is 19.9 Å². The molecule has 0 radical (unpaired) electrons. The van der Waals surface area contributed by atoms with Crippen LogP contribution in [0.25, 0.3) is 0 Å². The quantitative estimate of drug-likeness (QED) is 0.724. The average Bonchev–Trinajstić information content (AvgIpc) is 2.19. The second kappa shape index (κ2) is 5.36. The van der Waals surface area contributed by atoms with Crippen LogP contribution < -0.4 is 0 Å². The normalized spacial score (nSPS) is 10.7. The molecule has 1 nitrogen and oxygen atoms in total. The molecule has 0 aliphatic rings. The second-order valence-electron chi connectivity index (χ2n) is 4.16. The van der Waals surface area contributed by atoms with Gasteiger partial charge in [-0.2, -0.15) is 0 Å². The van der Waals surface area contributed by atoms with Gasteiger partial charge in [-0.3, -0.25) is 4.79 Å². The predicted octanol–water partition coefficient (Wildman–Crippen LogP) is 3.62. The highest BCUT2D eigenvalue weighted by Crippen LogP contribution is 2.21. The third-order valence-electron chi connectivity index (χ3n) is 2.50. The van der Waals surface area contributed by atoms with Crippen molar-refractivity contribution in [2.24, 2.45) is 5.92 Å². The molecular weight excluding hydrogens is 204 g/mol. The number of rotatable bonds is 4. The maximum absolute atomic E-state index is 11.4. The molecule has 0 aliphatic heterocycles. The summed E-state index contributed by atoms with van der Waals surface area (Å²) in [6.45, 7) is 8.10. The van der Waals surface area contributed by atoms with Crippen molar-refractivity contribution in [1.29, 1.82) is 0 Å². The summed E-state index contributed by atoms with van der Waals surface area (Å²) in [5.74, 6) is 1.04. The molecule has 1 aromatic rings. The van der Waals surface area contributed by atoms with Crippen LogP contribution in [0, 0.1) is 19.8 Å². The molecule has 0 saturated heterocycles. The van der Waals surface area contributed by atoms with Crippen molar-refractivity contribution in [2.45, 2.75) is 32.6 Å². The Morgan fingerprint density at radius 2 is 1.93 bits per heavy atom. The summed E-state index contributed by atoms with van der Waals surface area (Å²) in [7, 11) is 0. The van der Waals surface area contributed by atoms with E-state index in [1.165, 1.54) is 16.0 Å². The largest absolute Gasteiger partial charge is 0.298 e. The van der Waals surface area contributed by atoms with Crippen molar-refractivity contribution >= 4 is 17.5 Å². The molecule has 0 spiro atoms. The third kappa shape index (κ3) is 3.71. The Kier molecular flexibility index (Phi) is 4.40. The van der Waals surface area contributed by atoms with Gasteiger partial charge in [0.2, 0.25) is 0 Å². The minimum absolute atomic E-state index is 0.143. The molecule has 0 fully saturated rings. The number of Topliss-reactive ketones (excluding diaryl/α,β-unsaturated/α-hetero) is 1. The van der Waals surface area contributed by atoms with Crippen LogP contribution in [0.2, 0.25) is 0 Å². The van der Waals surface area contributed by atoms with E-state index in [2.05, 4.69) is 32.0 Å². The van der Waals surface area contributed by atoms with Crippen molar-refractivity contribution in [2.75, 3.05) is 5.75 Å². The lowest BCUT2D eigenvalue weighted by molar-refractivity contribution is -0.119. The summed E-state index contributed by atoms with van der Waals surface area (Å²) in [6, 6.07) is 6.34. The van der Waals surface area contributed by atoms with Gasteiger partial charge >= 0.3 is 0 Å². The summed E-state index contributed by atoms with van der Waals surface area (Å²) in [4.78, 5) is 12.6. The molecule has 2 heteroatoms. The molecule has 0 unspecified atom stereocenters. The van der Waals surface area contributed by atoms with E-state index in [1.807, 2.05) is 13.8 Å². The minimum atomic E-state index is 0.143. The van der Waals surface area contributed by atoms with Gasteiger partial charge < -0.3 is 0 Å². The first-order chi connectivity index (χ1) is 7.00. The zero-order chi connectivity index (χ0) is 11.4. The SMILES string of the molecule is Cc1ccc(SCC(=O)C(C)C)cc1C. The smallest absolute Gasteiger partial charge is 0.145 e. The summed E-state index contributed by atoms with van der Waals surface area (Å²) >= 11 is 1.63. The number of aryl methyl sites for hydroxylation is 2. The fourth-order valence-corrected chi connectivity index (χ4v) is 2.19. The lowest BCUT2D eigenvalue weighted by Gasteiger charge is -2.06. The van der Waals surface area contributed by atoms with Crippen LogP contribution in [0.4, 0.5) is 0 Å². The fourth-order valence-electron chi connectivity index (χ4n) is 1.12. The molecule has 0 heterocycles. The van der Waals surface area contributed by atoms with Gasteiger partial charge in [0.05, 0.1) is 5.75 Å². The van der Waals surface area contributed by atoms with E-state index in [1.54, 1.807) is 11.8 Å². The summed E-state index contributed by atoms with van der Waals surface area (Å²) in [5, 5.41) is 0. The van der Waals surface area contributed by atoms with Crippen molar-refractivity contribution in [1.82, 2.24) is 0 Å². The maximum atomic E-state index is 11.4. The van der Waals surface area contributed by atoms with Crippen molar-refractivity contribution in [3.63, 3.8) is 0 Å². The van der Waals surface area contributed by atoms with E-state index in [9.17, 15) is 4.79 Å². The van der Waals surface area contributed by atoms with E-state index < -0.39 is 0 Å². The third-order valence-corrected chi connectivity index (χ3v) is 3.52. The molecule has 0 atom stereocenters. The van der Waals surface area contributed by atoms with Crippen LogP contribution in [-0.2, 0) is 4.79 Å². The maximum Gasteiger partial charge on any atom is 0.145 e. The Labute approximate surface area is 96.3 Å². The summed E-state index contributed by atoms with van der Waals surface area (Å²) < 4.78 is 0. The van der Waals surface area contributed by atoms with Crippen LogP contribution in [0.5, 0.6) is 0 Å². The van der Waals surface area contributed by atoms with Crippen molar-refractivity contribution in [3.8, 4) is 0 Å². The van der Waals surface area contributed by atoms with Crippen LogP contribution in [0.1, 0.15) is 25.0 Å². The Balaban J connectivity index is 2.58. The predicted molar refractivity (Wildman–Crippen MR) is 66.5 cm³/mol. The molecule has 0 amide bonds. The lowest BCUT2D eigenvalue weighted by atomic mass is 10.1. The van der Waals surface area contributed by atoms with Crippen LogP contribution in [0.15, 0.2) is 23.1 Å². The zero-order valence-corrected chi connectivity index (χ0v) is 10.6. The number of ketones is 1. The van der Waals surface area contributed by atoms with Gasteiger partial charge in [0, 0.05) is 10.8 Å². The highest BCUT2D eigenvalue weighted by molar-refractivity contribution is 8.00. The Morgan fingerprint density at radius 3 is 2.47 bits per heavy atom. The topological polar surface area (TPSA) is 17.1 Å². The van der Waals surface area contributed by atoms with E-state index in [0.717, 1.165) is 0 Å². The summed E-state index contributed by atoms with van der Waals surface area (Å²) in [6.07, 6.45) is 0. The second-order valence-corrected chi connectivity index (χ2v) is 5.20. The molecule has 15 heavy (non-hydrogen) atoms. The molecule has 0 aromatic heterocycles. The highest BCUT2D eigenvalue weighted by Gasteiger charge is 2.07. The monoisotopic (exact) mass is 222 g/mol. The van der Waals surface area contributed by atoms with Gasteiger partial charge in [-0.15, -0.1) is 11.8 Å². The molecular formula is C13H18OS. The van der Waals surface area contributed by atoms with Crippen molar-refractivity contribution in [3.05, 3.63) is 29.3 Å². The Morgan fingerprint density at radius 1 is 1.27 bits per heavy atom. The number of hydrogen-bond acceptors (Lipinski definition) is 2. The zero-order valence-electron chi connectivity index (χ0n) is 9.83. The van der Waals surface area contributed by atoms with Gasteiger partial charge in [0.25, 0.3) is 0 Å². The summed E-state index contributed by atoms with van der Waals surface area (Å²) in [5.41, 5.74) is 2.59. The lowest BCUT2D eigenvalue weighted by Crippen LogP contribution is -2.09. The number of benzene rings is 1. The van der Waals surface area contributed by atoms with Crippen LogP contribution >= 0.6 is 11.8 Å². The first kappa shape index (κ1) is 12.3. The first-order valence-corrected chi connectivity index (χ1v) is 6.22. The molecule has 0 bridgehead atoms. The molecule has 0 saturated carbocycles. The van der Waals surface area contributed by atoms with E-state index in [-0.39, 0.29) is 5.92 Å². The molecule has 0 N–H and O–H groups in total. The van der Waals surface area contributed by atoms with Gasteiger partial charge in [-0.05, 0) is 37.1 Å². The molecule has 82 valence electrons. The standard InChI is InChI=1S/C13H18OS/c1-9(2)13(14)8-15-12-6-5-10(3)11(4)7-12/h5-7,9H,8H2,1-4H3. The Hall–Kier alpha value is -0.760. The van der Waals surface area contributed by atoms with E-state index in [0.29, 0.717) is 11.5 Å².